The number of aromatic nitrogens is 1. The number of nitriles is 1. The summed E-state index contributed by atoms with van der Waals surface area (Å²) in [5.74, 6) is -0.0707. The fourth-order valence-corrected chi connectivity index (χ4v) is 2.80. The maximum atomic E-state index is 12.2. The zero-order valence-corrected chi connectivity index (χ0v) is 11.6. The second-order valence-corrected chi connectivity index (χ2v) is 5.91. The first-order valence-electron chi connectivity index (χ1n) is 5.86. The molecule has 0 amide bonds. The first-order valence-corrected chi connectivity index (χ1v) is 7.34. The van der Waals surface area contributed by atoms with Gasteiger partial charge in [-0.2, -0.15) is 5.26 Å². The Morgan fingerprint density at radius 2 is 2.14 bits per heavy atom. The van der Waals surface area contributed by atoms with Crippen LogP contribution in [0.5, 0.6) is 5.75 Å². The molecule has 0 spiro atoms. The number of phenolic OH excluding ortho intramolecular Hbond substituents is 1. The van der Waals surface area contributed by atoms with Gasteiger partial charge in [-0.15, -0.1) is 0 Å². The number of phenols is 1. The Morgan fingerprint density at radius 3 is 2.86 bits per heavy atom. The van der Waals surface area contributed by atoms with Crippen molar-refractivity contribution in [3.05, 3.63) is 47.8 Å². The van der Waals surface area contributed by atoms with Crippen molar-refractivity contribution in [2.45, 2.75) is 11.4 Å². The van der Waals surface area contributed by atoms with Gasteiger partial charge in [0.2, 0.25) is 10.0 Å². The Hall–Kier alpha value is -2.63. The predicted octanol–water partition coefficient (Wildman–Crippen LogP) is 0.720. The van der Waals surface area contributed by atoms with E-state index in [0.29, 0.717) is 11.3 Å². The quantitative estimate of drug-likeness (QED) is 0.564. The van der Waals surface area contributed by atoms with Gasteiger partial charge >= 0.3 is 0 Å². The van der Waals surface area contributed by atoms with E-state index in [9.17, 15) is 13.5 Å². The second kappa shape index (κ2) is 5.78. The Labute approximate surface area is 121 Å². The minimum Gasteiger partial charge on any atom is -0.508 e. The van der Waals surface area contributed by atoms with Gasteiger partial charge in [0, 0.05) is 24.0 Å². The number of anilines is 1. The number of sulfonamides is 1. The second-order valence-electron chi connectivity index (χ2n) is 4.17. The molecule has 4 N–H and O–H groups in total. The van der Waals surface area contributed by atoms with E-state index in [1.807, 2.05) is 0 Å². The Balaban J connectivity index is 2.27. The van der Waals surface area contributed by atoms with Crippen LogP contribution in [0.4, 0.5) is 5.69 Å². The zero-order valence-electron chi connectivity index (χ0n) is 10.8. The third kappa shape index (κ3) is 3.28. The third-order valence-corrected chi connectivity index (χ3v) is 4.16. The van der Waals surface area contributed by atoms with Crippen LogP contribution in [0, 0.1) is 11.3 Å². The van der Waals surface area contributed by atoms with E-state index in [2.05, 4.69) is 9.71 Å². The molecule has 1 aromatic carbocycles. The summed E-state index contributed by atoms with van der Waals surface area (Å²) in [6.07, 6.45) is 1.33. The highest BCUT2D eigenvalue weighted by Crippen LogP contribution is 2.20. The van der Waals surface area contributed by atoms with Crippen molar-refractivity contribution in [3.63, 3.8) is 0 Å². The van der Waals surface area contributed by atoms with Gasteiger partial charge in [-0.1, -0.05) is 0 Å². The van der Waals surface area contributed by atoms with Gasteiger partial charge in [-0.05, 0) is 30.3 Å². The Kier molecular flexibility index (Phi) is 4.07. The molecular weight excluding hydrogens is 292 g/mol. The number of nitrogens with zero attached hydrogens (tertiary/aromatic N) is 2. The van der Waals surface area contributed by atoms with Gasteiger partial charge in [0.1, 0.15) is 16.7 Å². The van der Waals surface area contributed by atoms with E-state index in [1.54, 1.807) is 6.07 Å². The van der Waals surface area contributed by atoms with Gasteiger partial charge in [0.25, 0.3) is 0 Å². The molecule has 0 atom stereocenters. The van der Waals surface area contributed by atoms with Crippen molar-refractivity contribution in [2.75, 3.05) is 5.73 Å². The van der Waals surface area contributed by atoms with Crippen LogP contribution in [-0.4, -0.2) is 18.5 Å². The summed E-state index contributed by atoms with van der Waals surface area (Å²) in [7, 11) is -3.92. The average Bonchev–Trinajstić information content (AvgIpc) is 2.48. The molecule has 0 aliphatic heterocycles. The number of benzene rings is 1. The maximum absolute atomic E-state index is 12.2. The molecule has 7 nitrogen and oxygen atoms in total. The van der Waals surface area contributed by atoms with Crippen molar-refractivity contribution < 1.29 is 13.5 Å². The number of rotatable bonds is 4. The van der Waals surface area contributed by atoms with Crippen LogP contribution in [0.3, 0.4) is 0 Å². The molecule has 0 bridgehead atoms. The van der Waals surface area contributed by atoms with Crippen LogP contribution in [-0.2, 0) is 16.6 Å². The van der Waals surface area contributed by atoms with Gasteiger partial charge in [-0.25, -0.2) is 18.1 Å². The van der Waals surface area contributed by atoms with Crippen LogP contribution in [0.25, 0.3) is 0 Å². The number of hydrogen-bond acceptors (Lipinski definition) is 6. The van der Waals surface area contributed by atoms with Gasteiger partial charge in [0.05, 0.1) is 0 Å². The maximum Gasteiger partial charge on any atom is 0.243 e. The molecule has 2 rings (SSSR count). The van der Waals surface area contributed by atoms with E-state index in [-0.39, 0.29) is 22.9 Å². The van der Waals surface area contributed by atoms with Crippen LogP contribution in [0.1, 0.15) is 11.3 Å². The normalized spacial score (nSPS) is 11.0. The average molecular weight is 304 g/mol. The van der Waals surface area contributed by atoms with Crippen LogP contribution >= 0.6 is 0 Å². The smallest absolute Gasteiger partial charge is 0.243 e. The van der Waals surface area contributed by atoms with E-state index in [0.717, 1.165) is 0 Å². The highest BCUT2D eigenvalue weighted by molar-refractivity contribution is 7.89. The summed E-state index contributed by atoms with van der Waals surface area (Å²) in [5, 5.41) is 18.5. The summed E-state index contributed by atoms with van der Waals surface area (Å²) in [5.41, 5.74) is 6.13. The molecule has 2 aromatic rings. The lowest BCUT2D eigenvalue weighted by Crippen LogP contribution is -2.24. The number of nitrogen functional groups attached to an aromatic ring is 1. The molecule has 0 aliphatic carbocycles. The molecule has 108 valence electrons. The molecule has 21 heavy (non-hydrogen) atoms. The summed E-state index contributed by atoms with van der Waals surface area (Å²) in [4.78, 5) is 3.49. The lowest BCUT2D eigenvalue weighted by molar-refractivity contribution is 0.467. The number of nitrogens with two attached hydrogens (primary N) is 1. The lowest BCUT2D eigenvalue weighted by Gasteiger charge is -2.09. The van der Waals surface area contributed by atoms with E-state index < -0.39 is 10.0 Å². The molecular formula is C13H12N4O3S. The SMILES string of the molecule is N#Cc1ncccc1S(=O)(=O)NCc1cc(N)ccc1O. The molecule has 0 radical (unpaired) electrons. The number of aromatic hydroxyl groups is 1. The van der Waals surface area contributed by atoms with E-state index in [1.165, 1.54) is 36.5 Å². The summed E-state index contributed by atoms with van der Waals surface area (Å²) >= 11 is 0. The molecule has 8 heteroatoms. The van der Waals surface area contributed by atoms with Crippen LogP contribution in [0.2, 0.25) is 0 Å². The van der Waals surface area contributed by atoms with Gasteiger partial charge in [-0.3, -0.25) is 0 Å². The zero-order chi connectivity index (χ0) is 15.5. The molecule has 1 heterocycles. The lowest BCUT2D eigenvalue weighted by atomic mass is 10.2. The van der Waals surface area contributed by atoms with Crippen molar-refractivity contribution in [3.8, 4) is 11.8 Å². The fraction of sp³-hybridized carbons (Fsp3) is 0.0769. The minimum atomic E-state index is -3.92. The van der Waals surface area contributed by atoms with Crippen molar-refractivity contribution in [2.24, 2.45) is 0 Å². The minimum absolute atomic E-state index is 0.0707. The van der Waals surface area contributed by atoms with E-state index >= 15 is 0 Å². The van der Waals surface area contributed by atoms with E-state index in [4.69, 9.17) is 11.0 Å². The molecule has 0 aliphatic rings. The molecule has 1 aromatic heterocycles. The highest BCUT2D eigenvalue weighted by Gasteiger charge is 2.19. The van der Waals surface area contributed by atoms with Crippen molar-refractivity contribution >= 4 is 15.7 Å². The third-order valence-electron chi connectivity index (χ3n) is 2.72. The standard InChI is InChI=1S/C13H12N4O3S/c14-7-11-13(2-1-5-16-11)21(19,20)17-8-9-6-10(15)3-4-12(9)18/h1-6,17-18H,8,15H2. The molecule has 0 saturated heterocycles. The summed E-state index contributed by atoms with van der Waals surface area (Å²) in [6.45, 7) is -0.154. The number of pyridine rings is 1. The number of nitrogens with one attached hydrogen (secondary N) is 1. The first-order chi connectivity index (χ1) is 9.94. The largest absolute Gasteiger partial charge is 0.508 e. The number of hydrogen-bond donors (Lipinski definition) is 3. The monoisotopic (exact) mass is 304 g/mol. The van der Waals surface area contributed by atoms with Crippen LogP contribution in [0.15, 0.2) is 41.4 Å². The topological polar surface area (TPSA) is 129 Å². The molecule has 0 saturated carbocycles. The fourth-order valence-electron chi connectivity index (χ4n) is 1.69. The molecule has 0 unspecified atom stereocenters. The van der Waals surface area contributed by atoms with Crippen molar-refractivity contribution in [1.82, 2.24) is 9.71 Å². The Morgan fingerprint density at radius 1 is 1.38 bits per heavy atom. The summed E-state index contributed by atoms with van der Waals surface area (Å²) in [6, 6.07) is 8.78. The Bertz CT molecular complexity index is 812. The van der Waals surface area contributed by atoms with Crippen LogP contribution < -0.4 is 10.5 Å². The van der Waals surface area contributed by atoms with Crippen molar-refractivity contribution in [1.29, 1.82) is 5.26 Å². The highest BCUT2D eigenvalue weighted by atomic mass is 32.2. The molecule has 0 fully saturated rings. The summed E-state index contributed by atoms with van der Waals surface area (Å²) < 4.78 is 26.6. The van der Waals surface area contributed by atoms with Gasteiger partial charge < -0.3 is 10.8 Å². The first kappa shape index (κ1) is 14.8. The van der Waals surface area contributed by atoms with Gasteiger partial charge in [0.15, 0.2) is 5.69 Å². The predicted molar refractivity (Wildman–Crippen MR) is 75.5 cm³/mol.